The highest BCUT2D eigenvalue weighted by Gasteiger charge is 2.33. The number of nitrogens with zero attached hydrogens (tertiary/aromatic N) is 1. The average Bonchev–Trinajstić information content (AvgIpc) is 2.65. The Labute approximate surface area is 139 Å². The van der Waals surface area contributed by atoms with Gasteiger partial charge in [0, 0.05) is 6.42 Å². The summed E-state index contributed by atoms with van der Waals surface area (Å²) >= 11 is 0. The summed E-state index contributed by atoms with van der Waals surface area (Å²) in [6, 6.07) is 5.78. The normalized spacial score (nSPS) is 24.9. The lowest BCUT2D eigenvalue weighted by atomic mass is 10.1. The molecule has 0 aliphatic carbocycles. The molecule has 0 saturated carbocycles. The quantitative estimate of drug-likeness (QED) is 0.655. The molecule has 0 unspecified atom stereocenters. The molecule has 0 aromatic heterocycles. The molecule has 1 aliphatic rings. The Morgan fingerprint density at radius 2 is 1.78 bits per heavy atom. The number of hydrogen-bond donors (Lipinski definition) is 1. The highest BCUT2D eigenvalue weighted by Crippen LogP contribution is 2.21. The number of likely N-dealkylation sites (N-methyl/N-ethyl adjacent to an activating group) is 1. The van der Waals surface area contributed by atoms with Crippen molar-refractivity contribution in [2.75, 3.05) is 27.7 Å². The molecule has 1 fully saturated rings. The number of aliphatic hydroxyl groups excluding tert-OH is 1. The molecule has 0 radical (unpaired) electrons. The fourth-order valence-corrected chi connectivity index (χ4v) is 2.81. The number of ether oxygens (including phenoxy) is 1. The largest absolute Gasteiger partial charge is 0.744 e. The lowest BCUT2D eigenvalue weighted by Crippen LogP contribution is -2.41. The Kier molecular flexibility index (Phi) is 6.73. The number of hydrogen-bond acceptors (Lipinski definition) is 5. The van der Waals surface area contributed by atoms with Crippen LogP contribution in [0, 0.1) is 6.92 Å². The van der Waals surface area contributed by atoms with Crippen LogP contribution in [0.25, 0.3) is 0 Å². The van der Waals surface area contributed by atoms with Crippen LogP contribution < -0.4 is 0 Å². The van der Waals surface area contributed by atoms with Gasteiger partial charge >= 0.3 is 0 Å². The van der Waals surface area contributed by atoms with E-state index in [1.165, 1.54) is 12.1 Å². The smallest absolute Gasteiger partial charge is 0.124 e. The van der Waals surface area contributed by atoms with Crippen molar-refractivity contribution in [2.24, 2.45) is 0 Å². The van der Waals surface area contributed by atoms with E-state index in [1.54, 1.807) is 12.1 Å². The molecule has 1 heterocycles. The number of aliphatic hydroxyl groups is 1. The summed E-state index contributed by atoms with van der Waals surface area (Å²) in [6.45, 7) is 4.73. The van der Waals surface area contributed by atoms with Crippen LogP contribution in [0.1, 0.15) is 18.9 Å². The molecule has 1 aliphatic heterocycles. The Morgan fingerprint density at radius 3 is 2.13 bits per heavy atom. The fourth-order valence-electron chi connectivity index (χ4n) is 2.34. The lowest BCUT2D eigenvalue weighted by molar-refractivity contribution is -0.873. The van der Waals surface area contributed by atoms with E-state index in [-0.39, 0.29) is 23.2 Å². The second-order valence-corrected chi connectivity index (χ2v) is 8.39. The molecule has 1 saturated heterocycles. The van der Waals surface area contributed by atoms with Crippen molar-refractivity contribution in [3.8, 4) is 0 Å². The summed E-state index contributed by atoms with van der Waals surface area (Å²) in [5.74, 6) is 0. The Bertz CT molecular complexity index is 582. The summed E-state index contributed by atoms with van der Waals surface area (Å²) in [4.78, 5) is -0.178. The Morgan fingerprint density at radius 1 is 1.26 bits per heavy atom. The van der Waals surface area contributed by atoms with Crippen molar-refractivity contribution in [1.82, 2.24) is 0 Å². The third-order valence-electron chi connectivity index (χ3n) is 3.51. The minimum Gasteiger partial charge on any atom is -0.744 e. The summed E-state index contributed by atoms with van der Waals surface area (Å²) in [6.07, 6.45) is 0.773. The standard InChI is InChI=1S/C9H20NO2.C7H8O3S/c1-7-9(11)5-8(12-7)6-10(2,3)4;1-6-2-4-7(5-3-6)11(8,9)10/h7-9,11H,5-6H2,1-4H3;2-5H,1H3,(H,8,9,10)/q+1;/p-1/t7-,8-,9+;/m0./s1. The summed E-state index contributed by atoms with van der Waals surface area (Å²) in [5, 5.41) is 9.43. The first-order chi connectivity index (χ1) is 10.4. The van der Waals surface area contributed by atoms with Gasteiger partial charge < -0.3 is 18.9 Å². The minimum absolute atomic E-state index is 0.0153. The molecule has 7 heteroatoms. The SMILES string of the molecule is C[C@@H]1O[C@H](C[N+](C)(C)C)C[C@H]1O.Cc1ccc(S(=O)(=O)[O-])cc1. The van der Waals surface area contributed by atoms with E-state index in [4.69, 9.17) is 4.74 Å². The maximum absolute atomic E-state index is 10.4. The molecule has 2 rings (SSSR count). The van der Waals surface area contributed by atoms with Gasteiger partial charge in [0.15, 0.2) is 0 Å². The molecule has 132 valence electrons. The first-order valence-corrected chi connectivity index (χ1v) is 8.96. The van der Waals surface area contributed by atoms with Gasteiger partial charge in [-0.1, -0.05) is 17.7 Å². The molecule has 6 nitrogen and oxygen atoms in total. The molecule has 1 N–H and O–H groups in total. The van der Waals surface area contributed by atoms with Crippen molar-refractivity contribution >= 4 is 10.1 Å². The molecule has 0 spiro atoms. The van der Waals surface area contributed by atoms with E-state index in [0.717, 1.165) is 23.0 Å². The van der Waals surface area contributed by atoms with Gasteiger partial charge in [-0.15, -0.1) is 0 Å². The molecule has 1 aromatic rings. The van der Waals surface area contributed by atoms with Crippen LogP contribution in [0.3, 0.4) is 0 Å². The van der Waals surface area contributed by atoms with Crippen LogP contribution in [0.4, 0.5) is 0 Å². The molecule has 1 aromatic carbocycles. The predicted molar refractivity (Wildman–Crippen MR) is 87.0 cm³/mol. The van der Waals surface area contributed by atoms with Gasteiger partial charge in [0.25, 0.3) is 0 Å². The molecule has 0 bridgehead atoms. The van der Waals surface area contributed by atoms with Crippen molar-refractivity contribution in [1.29, 1.82) is 0 Å². The van der Waals surface area contributed by atoms with E-state index in [1.807, 2.05) is 13.8 Å². The van der Waals surface area contributed by atoms with Gasteiger partial charge in [-0.3, -0.25) is 0 Å². The van der Waals surface area contributed by atoms with Crippen LogP contribution in [-0.2, 0) is 14.9 Å². The second kappa shape index (κ2) is 7.72. The second-order valence-electron chi connectivity index (χ2n) is 7.01. The maximum Gasteiger partial charge on any atom is 0.124 e. The monoisotopic (exact) mass is 345 g/mol. The molecular weight excluding hydrogens is 318 g/mol. The fraction of sp³-hybridized carbons (Fsp3) is 0.625. The minimum atomic E-state index is -4.27. The first-order valence-electron chi connectivity index (χ1n) is 7.55. The third kappa shape index (κ3) is 7.41. The number of benzene rings is 1. The lowest BCUT2D eigenvalue weighted by Gasteiger charge is -2.26. The van der Waals surface area contributed by atoms with Gasteiger partial charge in [-0.05, 0) is 26.0 Å². The van der Waals surface area contributed by atoms with Crippen LogP contribution in [0.2, 0.25) is 0 Å². The number of aryl methyl sites for hydroxylation is 1. The first kappa shape index (κ1) is 20.1. The number of quaternary nitrogens is 1. The third-order valence-corrected chi connectivity index (χ3v) is 4.36. The summed E-state index contributed by atoms with van der Waals surface area (Å²) in [7, 11) is 2.14. The summed E-state index contributed by atoms with van der Waals surface area (Å²) in [5.41, 5.74) is 0.928. The van der Waals surface area contributed by atoms with Gasteiger partial charge in [0.1, 0.15) is 22.8 Å². The molecule has 0 amide bonds. The van der Waals surface area contributed by atoms with E-state index in [9.17, 15) is 18.1 Å². The maximum atomic E-state index is 10.4. The van der Waals surface area contributed by atoms with Crippen LogP contribution in [-0.4, -0.2) is 68.6 Å². The van der Waals surface area contributed by atoms with Crippen LogP contribution in [0.15, 0.2) is 29.2 Å². The van der Waals surface area contributed by atoms with Gasteiger partial charge in [0.2, 0.25) is 0 Å². The van der Waals surface area contributed by atoms with Crippen LogP contribution >= 0.6 is 0 Å². The average molecular weight is 345 g/mol. The zero-order chi connectivity index (χ0) is 17.8. The van der Waals surface area contributed by atoms with E-state index < -0.39 is 10.1 Å². The van der Waals surface area contributed by atoms with Crippen molar-refractivity contribution in [3.05, 3.63) is 29.8 Å². The highest BCUT2D eigenvalue weighted by atomic mass is 32.2. The molecular formula is C16H27NO5S. The van der Waals surface area contributed by atoms with Gasteiger partial charge in [0.05, 0.1) is 38.2 Å². The van der Waals surface area contributed by atoms with Crippen molar-refractivity contribution in [2.45, 2.75) is 43.5 Å². The van der Waals surface area contributed by atoms with E-state index >= 15 is 0 Å². The van der Waals surface area contributed by atoms with Gasteiger partial charge in [-0.2, -0.15) is 0 Å². The molecule has 23 heavy (non-hydrogen) atoms. The highest BCUT2D eigenvalue weighted by molar-refractivity contribution is 7.85. The Hall–Kier alpha value is -0.990. The topological polar surface area (TPSA) is 86.7 Å². The van der Waals surface area contributed by atoms with E-state index in [2.05, 4.69) is 21.1 Å². The summed E-state index contributed by atoms with van der Waals surface area (Å²) < 4.78 is 37.6. The zero-order valence-electron chi connectivity index (χ0n) is 14.4. The van der Waals surface area contributed by atoms with Gasteiger partial charge in [-0.25, -0.2) is 8.42 Å². The van der Waals surface area contributed by atoms with Crippen LogP contribution in [0.5, 0.6) is 0 Å². The molecule has 3 atom stereocenters. The predicted octanol–water partition coefficient (Wildman–Crippen LogP) is 1.13. The van der Waals surface area contributed by atoms with Crippen molar-refractivity contribution < 1.29 is 27.3 Å². The number of rotatable bonds is 3. The Balaban J connectivity index is 0.000000231. The van der Waals surface area contributed by atoms with Crippen molar-refractivity contribution in [3.63, 3.8) is 0 Å². The zero-order valence-corrected chi connectivity index (χ0v) is 15.2. The van der Waals surface area contributed by atoms with E-state index in [0.29, 0.717) is 0 Å².